The lowest BCUT2D eigenvalue weighted by atomic mass is 9.76. The Balaban J connectivity index is 1.88. The fourth-order valence-corrected chi connectivity index (χ4v) is 3.35. The number of amides is 2. The third kappa shape index (κ3) is 8.17. The number of nitrogens with one attached hydrogen (secondary N) is 1. The first-order valence-corrected chi connectivity index (χ1v) is 10.9. The van der Waals surface area contributed by atoms with Crippen LogP contribution >= 0.6 is 0 Å². The third-order valence-corrected chi connectivity index (χ3v) is 5.23. The van der Waals surface area contributed by atoms with E-state index in [1.54, 1.807) is 26.2 Å². The molecule has 3 N–H and O–H groups in total. The average Bonchev–Trinajstić information content (AvgIpc) is 2.81. The van der Waals surface area contributed by atoms with Crippen LogP contribution in [0.1, 0.15) is 24.0 Å². The molecule has 0 aliphatic carbocycles. The van der Waals surface area contributed by atoms with Crippen LogP contribution in [0.2, 0.25) is 0 Å². The van der Waals surface area contributed by atoms with Crippen LogP contribution in [0.15, 0.2) is 48.5 Å². The number of aryl methyl sites for hydroxylation is 1. The van der Waals surface area contributed by atoms with Crippen molar-refractivity contribution in [2.45, 2.75) is 31.6 Å². The number of hydrogen-bond donors (Lipinski definition) is 3. The van der Waals surface area contributed by atoms with Gasteiger partial charge < -0.3 is 25.0 Å². The van der Waals surface area contributed by atoms with Gasteiger partial charge >= 0.3 is 7.12 Å². The first-order valence-electron chi connectivity index (χ1n) is 10.9. The second-order valence-electron chi connectivity index (χ2n) is 8.06. The van der Waals surface area contributed by atoms with Crippen LogP contribution < -0.4 is 10.1 Å². The smallest absolute Gasteiger partial charge is 0.475 e. The Morgan fingerprint density at radius 3 is 2.50 bits per heavy atom. The lowest BCUT2D eigenvalue weighted by molar-refractivity contribution is -0.131. The summed E-state index contributed by atoms with van der Waals surface area (Å²) in [5.74, 6) is -3.21. The van der Waals surface area contributed by atoms with E-state index in [0.29, 0.717) is 5.56 Å². The maximum atomic E-state index is 14.8. The number of ether oxygens (including phenoxy) is 1. The van der Waals surface area contributed by atoms with Crippen molar-refractivity contribution in [3.05, 3.63) is 65.5 Å². The van der Waals surface area contributed by atoms with Crippen molar-refractivity contribution in [3.63, 3.8) is 0 Å². The molecule has 180 valence electrons. The minimum absolute atomic E-state index is 0.0410. The van der Waals surface area contributed by atoms with Crippen molar-refractivity contribution >= 4 is 18.9 Å². The summed E-state index contributed by atoms with van der Waals surface area (Å²) in [7, 11) is 1.38. The summed E-state index contributed by atoms with van der Waals surface area (Å²) in [5, 5.41) is 30.9. The monoisotopic (exact) mass is 469 g/mol. The molecule has 0 bridgehead atoms. The van der Waals surface area contributed by atoms with Crippen molar-refractivity contribution < 1.29 is 28.8 Å². The molecule has 2 amide bonds. The maximum Gasteiger partial charge on any atom is 0.475 e. The van der Waals surface area contributed by atoms with Crippen LogP contribution in [-0.4, -0.2) is 60.5 Å². The van der Waals surface area contributed by atoms with E-state index < -0.39 is 30.7 Å². The van der Waals surface area contributed by atoms with Crippen LogP contribution in [0.3, 0.4) is 0 Å². The van der Waals surface area contributed by atoms with E-state index in [1.807, 2.05) is 36.4 Å². The van der Waals surface area contributed by atoms with Crippen molar-refractivity contribution in [2.24, 2.45) is 5.92 Å². The molecule has 0 fully saturated rings. The molecule has 2 rings (SSSR count). The molecule has 1 unspecified atom stereocenters. The predicted octanol–water partition coefficient (Wildman–Crippen LogP) is 1.49. The molecule has 0 aromatic heterocycles. The highest BCUT2D eigenvalue weighted by molar-refractivity contribution is 6.43. The van der Waals surface area contributed by atoms with Gasteiger partial charge in [0.15, 0.2) is 11.6 Å². The second-order valence-corrected chi connectivity index (χ2v) is 8.06. The number of carbonyl (C=O) groups excluding carboxylic acids is 2. The van der Waals surface area contributed by atoms with Gasteiger partial charge in [0.1, 0.15) is 5.92 Å². The Bertz CT molecular complexity index is 998. The Hall–Kier alpha value is -3.42. The SMILES string of the molecule is CN(C)C(=O)C(C#N)CCc1cccc(OCCC(=O)N[C@@H](Cc2ccccc2)B(O)O)c1F. The molecule has 0 saturated carbocycles. The summed E-state index contributed by atoms with van der Waals surface area (Å²) in [5.41, 5.74) is 1.14. The van der Waals surface area contributed by atoms with Crippen molar-refractivity contribution in [1.29, 1.82) is 5.26 Å². The maximum absolute atomic E-state index is 14.8. The van der Waals surface area contributed by atoms with Gasteiger partial charge in [-0.1, -0.05) is 42.5 Å². The summed E-state index contributed by atoms with van der Waals surface area (Å²) in [4.78, 5) is 25.6. The van der Waals surface area contributed by atoms with Crippen LogP contribution in [0, 0.1) is 23.1 Å². The number of nitrogens with zero attached hydrogens (tertiary/aromatic N) is 2. The lowest BCUT2D eigenvalue weighted by Crippen LogP contribution is -2.48. The van der Waals surface area contributed by atoms with Crippen LogP contribution in [0.4, 0.5) is 4.39 Å². The van der Waals surface area contributed by atoms with E-state index in [9.17, 15) is 29.3 Å². The third-order valence-electron chi connectivity index (χ3n) is 5.23. The normalized spacial score (nSPS) is 12.2. The molecule has 2 aromatic rings. The molecule has 10 heteroatoms. The van der Waals surface area contributed by atoms with E-state index >= 15 is 0 Å². The summed E-state index contributed by atoms with van der Waals surface area (Å²) in [6.07, 6.45) is 0.469. The van der Waals surface area contributed by atoms with Gasteiger partial charge in [0.05, 0.1) is 25.0 Å². The van der Waals surface area contributed by atoms with Crippen molar-refractivity contribution in [1.82, 2.24) is 10.2 Å². The molecule has 0 aliphatic heterocycles. The number of rotatable bonds is 12. The highest BCUT2D eigenvalue weighted by Gasteiger charge is 2.25. The highest BCUT2D eigenvalue weighted by atomic mass is 19.1. The number of nitriles is 1. The Morgan fingerprint density at radius 2 is 1.88 bits per heavy atom. The van der Waals surface area contributed by atoms with E-state index in [4.69, 9.17) is 4.74 Å². The van der Waals surface area contributed by atoms with E-state index in [0.717, 1.165) is 5.56 Å². The van der Waals surface area contributed by atoms with Gasteiger partial charge in [-0.3, -0.25) is 9.59 Å². The number of hydrogen-bond acceptors (Lipinski definition) is 6. The van der Waals surface area contributed by atoms with Gasteiger partial charge in [0.2, 0.25) is 11.8 Å². The Morgan fingerprint density at radius 1 is 1.18 bits per heavy atom. The van der Waals surface area contributed by atoms with E-state index in [1.165, 1.54) is 11.0 Å². The molecule has 0 radical (unpaired) electrons. The molecule has 8 nitrogen and oxygen atoms in total. The molecule has 2 aromatic carbocycles. The number of halogens is 1. The highest BCUT2D eigenvalue weighted by Crippen LogP contribution is 2.23. The van der Waals surface area contributed by atoms with Gasteiger partial charge in [-0.2, -0.15) is 5.26 Å². The molecule has 0 saturated heterocycles. The first-order chi connectivity index (χ1) is 16.2. The topological polar surface area (TPSA) is 123 Å². The largest absolute Gasteiger partial charge is 0.490 e. The predicted molar refractivity (Wildman–Crippen MR) is 125 cm³/mol. The minimum atomic E-state index is -1.74. The molecule has 34 heavy (non-hydrogen) atoms. The zero-order valence-electron chi connectivity index (χ0n) is 19.3. The van der Waals surface area contributed by atoms with Crippen molar-refractivity contribution in [2.75, 3.05) is 20.7 Å². The zero-order valence-corrected chi connectivity index (χ0v) is 19.3. The quantitative estimate of drug-likeness (QED) is 0.405. The van der Waals surface area contributed by atoms with Crippen LogP contribution in [-0.2, 0) is 22.4 Å². The second kappa shape index (κ2) is 13.3. The average molecular weight is 469 g/mol. The summed E-state index contributed by atoms with van der Waals surface area (Å²) >= 11 is 0. The Labute approximate surface area is 199 Å². The lowest BCUT2D eigenvalue weighted by Gasteiger charge is -2.18. The van der Waals surface area contributed by atoms with Crippen LogP contribution in [0.5, 0.6) is 5.75 Å². The molecular weight excluding hydrogens is 440 g/mol. The first kappa shape index (κ1) is 26.8. The van der Waals surface area contributed by atoms with Crippen molar-refractivity contribution in [3.8, 4) is 11.8 Å². The minimum Gasteiger partial charge on any atom is -0.490 e. The van der Waals surface area contributed by atoms with Gasteiger partial charge in [0.25, 0.3) is 0 Å². The fraction of sp³-hybridized carbons (Fsp3) is 0.375. The molecule has 0 heterocycles. The zero-order chi connectivity index (χ0) is 25.1. The van der Waals surface area contributed by atoms with E-state index in [2.05, 4.69) is 5.32 Å². The fourth-order valence-electron chi connectivity index (χ4n) is 3.35. The molecule has 0 spiro atoms. The van der Waals surface area contributed by atoms with Gasteiger partial charge in [-0.25, -0.2) is 4.39 Å². The van der Waals surface area contributed by atoms with Gasteiger partial charge in [-0.05, 0) is 36.5 Å². The van der Waals surface area contributed by atoms with Gasteiger partial charge in [-0.15, -0.1) is 0 Å². The van der Waals surface area contributed by atoms with E-state index in [-0.39, 0.29) is 43.9 Å². The number of carbonyl (C=O) groups is 2. The Kier molecular flexibility index (Phi) is 10.5. The van der Waals surface area contributed by atoms with Gasteiger partial charge in [0, 0.05) is 14.1 Å². The van der Waals surface area contributed by atoms with Crippen LogP contribution in [0.25, 0.3) is 0 Å². The molecule has 2 atom stereocenters. The number of benzene rings is 2. The summed E-state index contributed by atoms with van der Waals surface area (Å²) in [6.45, 7) is -0.119. The standard InChI is InChI=1S/C24H29BFN3O5/c1-29(2)24(31)19(16-27)12-11-18-9-6-10-20(23(18)26)34-14-13-22(30)28-21(25(32)33)15-17-7-4-3-5-8-17/h3-10,19,21,32-33H,11-15H2,1-2H3,(H,28,30)/t19?,21-/m0/s1. The summed E-state index contributed by atoms with van der Waals surface area (Å²) < 4.78 is 20.2. The molecular formula is C24H29BFN3O5. The summed E-state index contributed by atoms with van der Waals surface area (Å²) in [6, 6.07) is 15.6. The molecule has 0 aliphatic rings.